The van der Waals surface area contributed by atoms with Crippen LogP contribution in [0.3, 0.4) is 0 Å². The van der Waals surface area contributed by atoms with E-state index in [0.717, 1.165) is 10.8 Å². The zero-order chi connectivity index (χ0) is 21.6. The monoisotopic (exact) mass is 420 g/mol. The Balaban J connectivity index is 1.97. The van der Waals surface area contributed by atoms with Gasteiger partial charge in [-0.15, -0.1) is 0 Å². The molecule has 4 rings (SSSR count). The van der Waals surface area contributed by atoms with E-state index < -0.39 is 17.7 Å². The van der Waals surface area contributed by atoms with E-state index in [1.165, 1.54) is 24.7 Å². The van der Waals surface area contributed by atoms with Crippen LogP contribution in [-0.4, -0.2) is 55.8 Å². The predicted molar refractivity (Wildman–Crippen MR) is 103 cm³/mol. The maximum Gasteiger partial charge on any atom is 0.418 e. The summed E-state index contributed by atoms with van der Waals surface area (Å²) >= 11 is 0. The fraction of sp³-hybridized carbons (Fsp3) is 0.368. The molecule has 1 aliphatic heterocycles. The summed E-state index contributed by atoms with van der Waals surface area (Å²) in [6.45, 7) is 4.96. The number of carboxylic acid groups (broad SMARTS) is 1. The third-order valence-corrected chi connectivity index (χ3v) is 5.14. The second-order valence-electron chi connectivity index (χ2n) is 7.32. The summed E-state index contributed by atoms with van der Waals surface area (Å²) in [7, 11) is 0. The molecule has 0 unspecified atom stereocenters. The van der Waals surface area contributed by atoms with Crippen molar-refractivity contribution in [3.8, 4) is 5.82 Å². The predicted octanol–water partition coefficient (Wildman–Crippen LogP) is 2.72. The molecule has 2 atom stereocenters. The van der Waals surface area contributed by atoms with Crippen molar-refractivity contribution in [1.82, 2.24) is 24.8 Å². The Kier molecular flexibility index (Phi) is 4.85. The Morgan fingerprint density at radius 1 is 1.27 bits per heavy atom. The lowest BCUT2D eigenvalue weighted by Crippen LogP contribution is -2.54. The molecular weight excluding hydrogens is 401 g/mol. The average molecular weight is 420 g/mol. The minimum absolute atomic E-state index is 0.0146. The first-order valence-corrected chi connectivity index (χ1v) is 9.30. The number of aromatic carboxylic acids is 1. The number of fused-ring (bicyclic) bond motifs is 1. The summed E-state index contributed by atoms with van der Waals surface area (Å²) in [5.41, 5.74) is -0.969. The SMILES string of the molecule is C[C@@H]1CN(c2ncnc3c2c(C(F)(F)F)cn3-c2cc(C(=O)O)ccn2)[C@@H](C)CN1. The quantitative estimate of drug-likeness (QED) is 0.673. The maximum atomic E-state index is 14.0. The second-order valence-corrected chi connectivity index (χ2v) is 7.32. The van der Waals surface area contributed by atoms with Crippen LogP contribution in [0.1, 0.15) is 29.8 Å². The van der Waals surface area contributed by atoms with E-state index in [1.54, 1.807) is 0 Å². The van der Waals surface area contributed by atoms with Gasteiger partial charge in [-0.2, -0.15) is 13.2 Å². The molecule has 0 aromatic carbocycles. The number of carboxylic acids is 1. The lowest BCUT2D eigenvalue weighted by molar-refractivity contribution is -0.136. The Morgan fingerprint density at radius 2 is 2.03 bits per heavy atom. The van der Waals surface area contributed by atoms with Gasteiger partial charge in [0.05, 0.1) is 16.5 Å². The van der Waals surface area contributed by atoms with Gasteiger partial charge in [-0.1, -0.05) is 0 Å². The van der Waals surface area contributed by atoms with E-state index in [9.17, 15) is 23.1 Å². The molecule has 0 spiro atoms. The molecule has 0 amide bonds. The van der Waals surface area contributed by atoms with Gasteiger partial charge < -0.3 is 15.3 Å². The number of halogens is 3. The molecule has 30 heavy (non-hydrogen) atoms. The molecule has 4 heterocycles. The molecule has 3 aromatic rings. The van der Waals surface area contributed by atoms with E-state index in [1.807, 2.05) is 18.7 Å². The number of hydrogen-bond donors (Lipinski definition) is 2. The molecule has 8 nitrogen and oxygen atoms in total. The average Bonchev–Trinajstić information content (AvgIpc) is 3.10. The summed E-state index contributed by atoms with van der Waals surface area (Å²) in [4.78, 5) is 25.5. The van der Waals surface area contributed by atoms with Crippen LogP contribution in [0, 0.1) is 0 Å². The molecule has 1 aliphatic rings. The number of carbonyl (C=O) groups is 1. The summed E-state index contributed by atoms with van der Waals surface area (Å²) in [5, 5.41) is 12.4. The molecular formula is C19H19F3N6O2. The van der Waals surface area contributed by atoms with Crippen LogP contribution < -0.4 is 10.2 Å². The van der Waals surface area contributed by atoms with Gasteiger partial charge in [0.1, 0.15) is 18.0 Å². The van der Waals surface area contributed by atoms with Crippen LogP contribution in [0.2, 0.25) is 0 Å². The highest BCUT2D eigenvalue weighted by atomic mass is 19.4. The molecule has 2 N–H and O–H groups in total. The number of nitrogens with zero attached hydrogens (tertiary/aromatic N) is 5. The molecule has 0 aliphatic carbocycles. The van der Waals surface area contributed by atoms with Crippen molar-refractivity contribution in [3.63, 3.8) is 0 Å². The van der Waals surface area contributed by atoms with Crippen LogP contribution in [0.5, 0.6) is 0 Å². The molecule has 11 heteroatoms. The Morgan fingerprint density at radius 3 is 2.73 bits per heavy atom. The van der Waals surface area contributed by atoms with Gasteiger partial charge in [-0.3, -0.25) is 4.57 Å². The molecule has 0 radical (unpaired) electrons. The Hall–Kier alpha value is -3.21. The molecule has 1 fully saturated rings. The minimum atomic E-state index is -4.66. The number of rotatable bonds is 3. The van der Waals surface area contributed by atoms with Crippen molar-refractivity contribution in [3.05, 3.63) is 42.0 Å². The zero-order valence-electron chi connectivity index (χ0n) is 16.2. The van der Waals surface area contributed by atoms with Crippen molar-refractivity contribution < 1.29 is 23.1 Å². The largest absolute Gasteiger partial charge is 0.478 e. The van der Waals surface area contributed by atoms with Crippen LogP contribution in [0.15, 0.2) is 30.9 Å². The standard InChI is InChI=1S/C19H19F3N6O2/c1-10-7-27(11(2)6-24-10)16-15-13(19(20,21)22)8-28(17(15)26-9-25-16)14-5-12(18(29)30)3-4-23-14/h3-5,8-11,24H,6-7H2,1-2H3,(H,29,30)/t10-,11+/m1/s1. The van der Waals surface area contributed by atoms with Crippen LogP contribution >= 0.6 is 0 Å². The molecule has 3 aromatic heterocycles. The normalized spacial score (nSPS) is 20.0. The van der Waals surface area contributed by atoms with E-state index in [-0.39, 0.29) is 40.3 Å². The summed E-state index contributed by atoms with van der Waals surface area (Å²) in [5.74, 6) is -0.979. The summed E-state index contributed by atoms with van der Waals surface area (Å²) in [6.07, 6.45) is -1.31. The minimum Gasteiger partial charge on any atom is -0.478 e. The number of aromatic nitrogens is 4. The number of anilines is 1. The third-order valence-electron chi connectivity index (χ3n) is 5.14. The highest BCUT2D eigenvalue weighted by Crippen LogP contribution is 2.40. The number of nitrogens with one attached hydrogen (secondary N) is 1. The van der Waals surface area contributed by atoms with E-state index in [2.05, 4.69) is 20.3 Å². The first kappa shape index (κ1) is 20.1. The fourth-order valence-electron chi connectivity index (χ4n) is 3.65. The molecule has 158 valence electrons. The number of pyridine rings is 1. The first-order valence-electron chi connectivity index (χ1n) is 9.30. The van der Waals surface area contributed by atoms with Crippen molar-refractivity contribution in [2.24, 2.45) is 0 Å². The van der Waals surface area contributed by atoms with E-state index >= 15 is 0 Å². The van der Waals surface area contributed by atoms with Crippen LogP contribution in [-0.2, 0) is 6.18 Å². The highest BCUT2D eigenvalue weighted by molar-refractivity contribution is 5.93. The smallest absolute Gasteiger partial charge is 0.418 e. The van der Waals surface area contributed by atoms with E-state index in [0.29, 0.717) is 13.1 Å². The van der Waals surface area contributed by atoms with Gasteiger partial charge in [0.2, 0.25) is 0 Å². The maximum absolute atomic E-state index is 14.0. The molecule has 1 saturated heterocycles. The number of hydrogen-bond acceptors (Lipinski definition) is 6. The van der Waals surface area contributed by atoms with Crippen molar-refractivity contribution in [1.29, 1.82) is 0 Å². The highest BCUT2D eigenvalue weighted by Gasteiger charge is 2.38. The number of alkyl halides is 3. The topological polar surface area (TPSA) is 96.2 Å². The molecule has 0 saturated carbocycles. The summed E-state index contributed by atoms with van der Waals surface area (Å²) in [6, 6.07) is 2.49. The lowest BCUT2D eigenvalue weighted by Gasteiger charge is -2.38. The summed E-state index contributed by atoms with van der Waals surface area (Å²) < 4.78 is 43.0. The van der Waals surface area contributed by atoms with Gasteiger partial charge in [-0.05, 0) is 26.0 Å². The van der Waals surface area contributed by atoms with Crippen LogP contribution in [0.4, 0.5) is 19.0 Å². The van der Waals surface area contributed by atoms with E-state index in [4.69, 9.17) is 0 Å². The van der Waals surface area contributed by atoms with Gasteiger partial charge in [0.15, 0.2) is 5.65 Å². The van der Waals surface area contributed by atoms with Crippen molar-refractivity contribution >= 4 is 22.8 Å². The van der Waals surface area contributed by atoms with Crippen LogP contribution in [0.25, 0.3) is 16.9 Å². The van der Waals surface area contributed by atoms with Gasteiger partial charge in [-0.25, -0.2) is 19.7 Å². The van der Waals surface area contributed by atoms with Gasteiger partial charge in [0, 0.05) is 37.6 Å². The van der Waals surface area contributed by atoms with Gasteiger partial charge in [0.25, 0.3) is 0 Å². The molecule has 0 bridgehead atoms. The van der Waals surface area contributed by atoms with Crippen molar-refractivity contribution in [2.75, 3.05) is 18.0 Å². The third kappa shape index (κ3) is 3.45. The van der Waals surface area contributed by atoms with Gasteiger partial charge >= 0.3 is 12.1 Å². The first-order chi connectivity index (χ1) is 14.2. The Labute approximate surface area is 169 Å². The lowest BCUT2D eigenvalue weighted by atomic mass is 10.1. The fourth-order valence-corrected chi connectivity index (χ4v) is 3.65. The number of piperazine rings is 1. The second kappa shape index (κ2) is 7.24. The zero-order valence-corrected chi connectivity index (χ0v) is 16.2. The van der Waals surface area contributed by atoms with Crippen molar-refractivity contribution in [2.45, 2.75) is 32.1 Å². The Bertz CT molecular complexity index is 1110.